The molecule has 3 rings (SSSR count). The Labute approximate surface area is 154 Å². The summed E-state index contributed by atoms with van der Waals surface area (Å²) >= 11 is 0. The van der Waals surface area contributed by atoms with E-state index in [4.69, 9.17) is 9.15 Å². The number of rotatable bonds is 5. The molecular weight excluding hydrogens is 334 g/mol. The Hall–Kier alpha value is -2.02. The Kier molecular flexibility index (Phi) is 6.55. The lowest BCUT2D eigenvalue weighted by atomic mass is 9.93. The van der Waals surface area contributed by atoms with Crippen LogP contribution < -0.4 is 5.32 Å². The molecule has 3 heterocycles. The van der Waals surface area contributed by atoms with Crippen molar-refractivity contribution >= 4 is 11.9 Å². The van der Waals surface area contributed by atoms with Gasteiger partial charge in [-0.1, -0.05) is 0 Å². The predicted octanol–water partition coefficient (Wildman–Crippen LogP) is 2.15. The van der Waals surface area contributed by atoms with Crippen LogP contribution in [0.15, 0.2) is 16.5 Å². The van der Waals surface area contributed by atoms with Crippen molar-refractivity contribution in [2.75, 3.05) is 39.4 Å². The van der Waals surface area contributed by atoms with Crippen molar-refractivity contribution in [1.82, 2.24) is 15.1 Å². The Bertz CT molecular complexity index is 610. The molecule has 7 nitrogen and oxygen atoms in total. The average molecular weight is 363 g/mol. The van der Waals surface area contributed by atoms with Crippen LogP contribution in [0.1, 0.15) is 37.2 Å². The molecule has 1 atom stereocenters. The molecule has 0 unspecified atom stereocenters. The van der Waals surface area contributed by atoms with Crippen LogP contribution in [0.5, 0.6) is 0 Å². The summed E-state index contributed by atoms with van der Waals surface area (Å²) in [5.74, 6) is 2.05. The van der Waals surface area contributed by atoms with Gasteiger partial charge in [0, 0.05) is 32.6 Å². The van der Waals surface area contributed by atoms with Crippen molar-refractivity contribution in [1.29, 1.82) is 0 Å². The lowest BCUT2D eigenvalue weighted by Crippen LogP contribution is -2.51. The molecule has 3 amide bonds. The fourth-order valence-electron chi connectivity index (χ4n) is 3.62. The van der Waals surface area contributed by atoms with Gasteiger partial charge in [0.1, 0.15) is 11.5 Å². The number of carbonyl (C=O) groups is 2. The van der Waals surface area contributed by atoms with Crippen molar-refractivity contribution in [2.24, 2.45) is 5.92 Å². The lowest BCUT2D eigenvalue weighted by molar-refractivity contribution is -0.121. The number of urea groups is 1. The molecule has 2 aliphatic heterocycles. The maximum absolute atomic E-state index is 12.6. The fourth-order valence-corrected chi connectivity index (χ4v) is 3.62. The van der Waals surface area contributed by atoms with E-state index in [2.05, 4.69) is 5.32 Å². The number of hydrogen-bond donors (Lipinski definition) is 1. The third kappa shape index (κ3) is 5.24. The predicted molar refractivity (Wildman–Crippen MR) is 96.6 cm³/mol. The second-order valence-corrected chi connectivity index (χ2v) is 7.16. The van der Waals surface area contributed by atoms with E-state index in [0.717, 1.165) is 43.9 Å². The van der Waals surface area contributed by atoms with Gasteiger partial charge in [0.05, 0.1) is 19.8 Å². The number of likely N-dealkylation sites (tertiary alicyclic amines) is 1. The number of hydrogen-bond acceptors (Lipinski definition) is 4. The highest BCUT2D eigenvalue weighted by atomic mass is 16.5. The first kappa shape index (κ1) is 18.8. The molecule has 0 saturated carbocycles. The van der Waals surface area contributed by atoms with Crippen LogP contribution in [-0.2, 0) is 16.1 Å². The van der Waals surface area contributed by atoms with E-state index < -0.39 is 0 Å². The van der Waals surface area contributed by atoms with Gasteiger partial charge in [-0.3, -0.25) is 4.79 Å². The molecule has 2 fully saturated rings. The van der Waals surface area contributed by atoms with Crippen LogP contribution in [0, 0.1) is 12.8 Å². The van der Waals surface area contributed by atoms with E-state index in [1.165, 1.54) is 0 Å². The van der Waals surface area contributed by atoms with Gasteiger partial charge >= 0.3 is 6.03 Å². The van der Waals surface area contributed by atoms with Crippen molar-refractivity contribution < 1.29 is 18.7 Å². The number of carbonyl (C=O) groups excluding carboxylic acids is 2. The number of piperidine rings is 1. The maximum atomic E-state index is 12.6. The summed E-state index contributed by atoms with van der Waals surface area (Å²) < 4.78 is 10.8. The van der Waals surface area contributed by atoms with Gasteiger partial charge in [-0.2, -0.15) is 0 Å². The molecule has 2 saturated heterocycles. The smallest absolute Gasteiger partial charge is 0.320 e. The molecule has 26 heavy (non-hydrogen) atoms. The molecular formula is C19H29N3O4. The zero-order chi connectivity index (χ0) is 18.4. The monoisotopic (exact) mass is 363 g/mol. The Morgan fingerprint density at radius 3 is 2.73 bits per heavy atom. The standard InChI is InChI=1S/C19H29N3O4/c1-15-4-6-17(26-15)13-20-18(23)7-5-16-3-2-8-22(14-16)19(24)21-9-11-25-12-10-21/h4,6,16H,2-3,5,7-14H2,1H3,(H,20,23)/t16-/m1/s1. The van der Waals surface area contributed by atoms with Gasteiger partial charge < -0.3 is 24.3 Å². The average Bonchev–Trinajstić information content (AvgIpc) is 3.10. The lowest BCUT2D eigenvalue weighted by Gasteiger charge is -2.37. The zero-order valence-electron chi connectivity index (χ0n) is 15.5. The Morgan fingerprint density at radius 1 is 1.19 bits per heavy atom. The molecule has 7 heteroatoms. The van der Waals surface area contributed by atoms with Crippen LogP contribution in [0.4, 0.5) is 4.79 Å². The van der Waals surface area contributed by atoms with Gasteiger partial charge in [0.25, 0.3) is 0 Å². The molecule has 0 aliphatic carbocycles. The highest BCUT2D eigenvalue weighted by molar-refractivity contribution is 5.76. The van der Waals surface area contributed by atoms with Crippen LogP contribution in [0.2, 0.25) is 0 Å². The quantitative estimate of drug-likeness (QED) is 0.870. The first-order valence-corrected chi connectivity index (χ1v) is 9.55. The summed E-state index contributed by atoms with van der Waals surface area (Å²) in [5, 5.41) is 2.90. The molecule has 1 aromatic rings. The molecule has 0 aromatic carbocycles. The van der Waals surface area contributed by atoms with Crippen molar-refractivity contribution in [3.8, 4) is 0 Å². The molecule has 0 spiro atoms. The number of ether oxygens (including phenoxy) is 1. The number of nitrogens with one attached hydrogen (secondary N) is 1. The van der Waals surface area contributed by atoms with Crippen LogP contribution in [0.3, 0.4) is 0 Å². The van der Waals surface area contributed by atoms with E-state index in [1.807, 2.05) is 28.9 Å². The van der Waals surface area contributed by atoms with Crippen LogP contribution >= 0.6 is 0 Å². The highest BCUT2D eigenvalue weighted by Gasteiger charge is 2.28. The minimum absolute atomic E-state index is 0.0377. The maximum Gasteiger partial charge on any atom is 0.320 e. The first-order chi connectivity index (χ1) is 12.6. The SMILES string of the molecule is Cc1ccc(CNC(=O)CC[C@H]2CCCN(C(=O)N3CCOCC3)C2)o1. The minimum Gasteiger partial charge on any atom is -0.465 e. The summed E-state index contributed by atoms with van der Waals surface area (Å²) in [6.07, 6.45) is 3.39. The van der Waals surface area contributed by atoms with Gasteiger partial charge in [-0.25, -0.2) is 4.79 Å². The topological polar surface area (TPSA) is 75.0 Å². The summed E-state index contributed by atoms with van der Waals surface area (Å²) in [7, 11) is 0. The molecule has 1 aromatic heterocycles. The second kappa shape index (κ2) is 9.07. The summed E-state index contributed by atoms with van der Waals surface area (Å²) in [5.41, 5.74) is 0. The van der Waals surface area contributed by atoms with Crippen molar-refractivity contribution in [3.63, 3.8) is 0 Å². The Morgan fingerprint density at radius 2 is 2.00 bits per heavy atom. The number of aryl methyl sites for hydroxylation is 1. The summed E-state index contributed by atoms with van der Waals surface area (Å²) in [4.78, 5) is 28.5. The van der Waals surface area contributed by atoms with E-state index >= 15 is 0 Å². The minimum atomic E-state index is 0.0377. The number of morpholine rings is 1. The molecule has 0 bridgehead atoms. The third-order valence-corrected chi connectivity index (χ3v) is 5.11. The number of amides is 3. The number of furan rings is 1. The van der Waals surface area contributed by atoms with Gasteiger partial charge in [-0.15, -0.1) is 0 Å². The number of nitrogens with zero attached hydrogens (tertiary/aromatic N) is 2. The van der Waals surface area contributed by atoms with Crippen LogP contribution in [0.25, 0.3) is 0 Å². The zero-order valence-corrected chi connectivity index (χ0v) is 15.5. The first-order valence-electron chi connectivity index (χ1n) is 9.55. The van der Waals surface area contributed by atoms with Crippen molar-refractivity contribution in [2.45, 2.75) is 39.2 Å². The third-order valence-electron chi connectivity index (χ3n) is 5.11. The van der Waals surface area contributed by atoms with Crippen LogP contribution in [-0.4, -0.2) is 61.1 Å². The van der Waals surface area contributed by atoms with E-state index in [-0.39, 0.29) is 11.9 Å². The fraction of sp³-hybridized carbons (Fsp3) is 0.684. The molecule has 144 valence electrons. The van der Waals surface area contributed by atoms with Gasteiger partial charge in [0.15, 0.2) is 0 Å². The Balaban J connectivity index is 1.38. The normalized spacial score (nSPS) is 20.9. The van der Waals surface area contributed by atoms with E-state index in [9.17, 15) is 9.59 Å². The van der Waals surface area contributed by atoms with Gasteiger partial charge in [0.2, 0.25) is 5.91 Å². The van der Waals surface area contributed by atoms with Gasteiger partial charge in [-0.05, 0) is 44.2 Å². The highest BCUT2D eigenvalue weighted by Crippen LogP contribution is 2.22. The molecule has 0 radical (unpaired) electrons. The van der Waals surface area contributed by atoms with E-state index in [1.54, 1.807) is 0 Å². The summed E-state index contributed by atoms with van der Waals surface area (Å²) in [6.45, 7) is 6.48. The molecule has 2 aliphatic rings. The molecule has 1 N–H and O–H groups in total. The van der Waals surface area contributed by atoms with E-state index in [0.29, 0.717) is 45.2 Å². The van der Waals surface area contributed by atoms with Crippen molar-refractivity contribution in [3.05, 3.63) is 23.7 Å². The summed E-state index contributed by atoms with van der Waals surface area (Å²) in [6, 6.07) is 3.89. The second-order valence-electron chi connectivity index (χ2n) is 7.16. The largest absolute Gasteiger partial charge is 0.465 e.